The second kappa shape index (κ2) is 12.8. The van der Waals surface area contributed by atoms with Crippen molar-refractivity contribution in [3.05, 3.63) is 0 Å². The van der Waals surface area contributed by atoms with Gasteiger partial charge in [-0.05, 0) is 0 Å². The van der Waals surface area contributed by atoms with Gasteiger partial charge in [0, 0.05) is 0 Å². The van der Waals surface area contributed by atoms with Crippen LogP contribution in [0.2, 0.25) is 0 Å². The molecule has 0 spiro atoms. The number of aliphatic hydroxyl groups is 1. The van der Waals surface area contributed by atoms with Crippen LogP contribution in [0.4, 0.5) is 0 Å². The predicted molar refractivity (Wildman–Crippen MR) is 35.4 cm³/mol. The summed E-state index contributed by atoms with van der Waals surface area (Å²) < 4.78 is 0. The number of aliphatic hydroxyl groups excluding tert-OH is 1. The Morgan fingerprint density at radius 1 is 1.33 bits per heavy atom. The van der Waals surface area contributed by atoms with Crippen LogP contribution in [0.5, 0.6) is 0 Å². The first kappa shape index (κ1) is 23.6. The number of aliphatic carboxylic acids is 2. The van der Waals surface area contributed by atoms with Gasteiger partial charge in [0.2, 0.25) is 0 Å². The Morgan fingerprint density at radius 2 is 1.67 bits per heavy atom. The van der Waals surface area contributed by atoms with Gasteiger partial charge in [0.15, 0.2) is 6.10 Å². The molecule has 0 rings (SSSR count). The largest absolute Gasteiger partial charge is 1.00 e. The maximum Gasteiger partial charge on any atom is 1.00 e. The molecule has 3 N–H and O–H groups in total. The van der Waals surface area contributed by atoms with E-state index in [0.717, 1.165) is 0 Å². The fraction of sp³-hybridized carbons (Fsp3) is 0.500. The summed E-state index contributed by atoms with van der Waals surface area (Å²) in [5.41, 5.74) is 0. The molecule has 0 heterocycles. The molecular formula is C4H9ClKNaO5. The molecule has 0 radical (unpaired) electrons. The number of hydrogen-bond donors (Lipinski definition) is 3. The summed E-state index contributed by atoms with van der Waals surface area (Å²) in [7, 11) is 0. The van der Waals surface area contributed by atoms with E-state index in [9.17, 15) is 9.59 Å². The Morgan fingerprint density at radius 3 is 1.75 bits per heavy atom. The maximum atomic E-state index is 9.72. The number of hydrogen-bond acceptors (Lipinski definition) is 3. The molecule has 0 amide bonds. The molecule has 0 aromatic heterocycles. The minimum Gasteiger partial charge on any atom is -1.00 e. The van der Waals surface area contributed by atoms with Gasteiger partial charge in [0.25, 0.3) is 0 Å². The van der Waals surface area contributed by atoms with E-state index in [0.29, 0.717) is 0 Å². The van der Waals surface area contributed by atoms with Crippen LogP contribution in [-0.4, -0.2) is 33.4 Å². The van der Waals surface area contributed by atoms with Gasteiger partial charge in [0.05, 0.1) is 6.42 Å². The molecule has 0 saturated carbocycles. The number of carbonyl (C=O) groups is 2. The SMILES string of the molecule is Cl.O=C(O)CC(O)C(=O)O.[H-].[H-].[K+].[Na+]. The van der Waals surface area contributed by atoms with Gasteiger partial charge in [-0.25, -0.2) is 4.79 Å². The third kappa shape index (κ3) is 14.4. The summed E-state index contributed by atoms with van der Waals surface area (Å²) in [6.07, 6.45) is -2.54. The van der Waals surface area contributed by atoms with Gasteiger partial charge >= 0.3 is 92.9 Å². The summed E-state index contributed by atoms with van der Waals surface area (Å²) in [4.78, 5) is 19.4. The standard InChI is InChI=1S/C4H6O5.ClH.K.Na.2H/c5-2(4(8)9)1-3(6)7;;;;;/h2,5H,1H2,(H,6,7)(H,8,9);1H;;;;/q;;2*+1;2*-1. The van der Waals surface area contributed by atoms with E-state index in [1.807, 2.05) is 0 Å². The van der Waals surface area contributed by atoms with Crippen LogP contribution < -0.4 is 80.9 Å². The molecule has 64 valence electrons. The Hall–Kier alpha value is 1.83. The molecule has 0 aliphatic rings. The molecule has 1 atom stereocenters. The Balaban J connectivity index is -0.0000000320. The van der Waals surface area contributed by atoms with Gasteiger partial charge in [-0.3, -0.25) is 4.79 Å². The maximum absolute atomic E-state index is 9.72. The number of halogens is 1. The molecule has 5 nitrogen and oxygen atoms in total. The van der Waals surface area contributed by atoms with Crippen LogP contribution >= 0.6 is 12.4 Å². The average Bonchev–Trinajstić information content (AvgIpc) is 1.63. The summed E-state index contributed by atoms with van der Waals surface area (Å²) in [5.74, 6) is -2.85. The molecule has 0 aromatic carbocycles. The van der Waals surface area contributed by atoms with Crippen molar-refractivity contribution in [3.8, 4) is 0 Å². The minimum absolute atomic E-state index is 0. The first-order valence-electron chi connectivity index (χ1n) is 2.16. The van der Waals surface area contributed by atoms with Crippen molar-refractivity contribution in [2.24, 2.45) is 0 Å². The van der Waals surface area contributed by atoms with Gasteiger partial charge < -0.3 is 18.2 Å². The van der Waals surface area contributed by atoms with Crippen LogP contribution in [0.15, 0.2) is 0 Å². The van der Waals surface area contributed by atoms with Gasteiger partial charge in [0.1, 0.15) is 0 Å². The molecule has 0 aromatic rings. The van der Waals surface area contributed by atoms with Crippen molar-refractivity contribution < 1.29 is 109 Å². The van der Waals surface area contributed by atoms with E-state index >= 15 is 0 Å². The van der Waals surface area contributed by atoms with Crippen molar-refractivity contribution in [1.82, 2.24) is 0 Å². The quantitative estimate of drug-likeness (QED) is 0.422. The molecule has 0 aliphatic heterocycles. The third-order valence-electron chi connectivity index (χ3n) is 0.653. The first-order valence-corrected chi connectivity index (χ1v) is 2.16. The van der Waals surface area contributed by atoms with Crippen LogP contribution in [0.1, 0.15) is 9.27 Å². The monoisotopic (exact) mass is 234 g/mol. The summed E-state index contributed by atoms with van der Waals surface area (Å²) in [6.45, 7) is 0. The second-order valence-electron chi connectivity index (χ2n) is 1.45. The number of carboxylic acid groups (broad SMARTS) is 2. The van der Waals surface area contributed by atoms with Gasteiger partial charge in [-0.15, -0.1) is 12.4 Å². The molecule has 0 fully saturated rings. The summed E-state index contributed by atoms with van der Waals surface area (Å²) >= 11 is 0. The molecule has 8 heteroatoms. The van der Waals surface area contributed by atoms with Crippen molar-refractivity contribution in [3.63, 3.8) is 0 Å². The van der Waals surface area contributed by atoms with Crippen LogP contribution in [0, 0.1) is 0 Å². The van der Waals surface area contributed by atoms with Gasteiger partial charge in [-0.2, -0.15) is 0 Å². The molecule has 0 aliphatic carbocycles. The van der Waals surface area contributed by atoms with Gasteiger partial charge in [-0.1, -0.05) is 0 Å². The van der Waals surface area contributed by atoms with E-state index < -0.39 is 24.5 Å². The topological polar surface area (TPSA) is 94.8 Å². The Labute approximate surface area is 143 Å². The zero-order valence-electron chi connectivity index (χ0n) is 8.85. The average molecular weight is 235 g/mol. The minimum atomic E-state index is -1.79. The van der Waals surface area contributed by atoms with Crippen molar-refractivity contribution in [1.29, 1.82) is 0 Å². The van der Waals surface area contributed by atoms with Crippen molar-refractivity contribution >= 4 is 24.3 Å². The second-order valence-corrected chi connectivity index (χ2v) is 1.45. The fourth-order valence-electron chi connectivity index (χ4n) is 0.253. The van der Waals surface area contributed by atoms with E-state index in [2.05, 4.69) is 0 Å². The Kier molecular flexibility index (Phi) is 25.2. The summed E-state index contributed by atoms with van der Waals surface area (Å²) in [5, 5.41) is 24.1. The van der Waals surface area contributed by atoms with Crippen molar-refractivity contribution in [2.45, 2.75) is 12.5 Å². The third-order valence-corrected chi connectivity index (χ3v) is 0.653. The Bertz CT molecular complexity index is 152. The van der Waals surface area contributed by atoms with E-state index in [1.54, 1.807) is 0 Å². The van der Waals surface area contributed by atoms with E-state index in [4.69, 9.17) is 15.3 Å². The molecular weight excluding hydrogens is 226 g/mol. The smallest absolute Gasteiger partial charge is 1.00 e. The van der Waals surface area contributed by atoms with Crippen molar-refractivity contribution in [2.75, 3.05) is 0 Å². The van der Waals surface area contributed by atoms with Crippen LogP contribution in [0.3, 0.4) is 0 Å². The number of rotatable bonds is 3. The number of carboxylic acids is 2. The molecule has 1 unspecified atom stereocenters. The first-order chi connectivity index (χ1) is 4.04. The van der Waals surface area contributed by atoms with Crippen LogP contribution in [0.25, 0.3) is 0 Å². The molecule has 0 bridgehead atoms. The fourth-order valence-corrected chi connectivity index (χ4v) is 0.253. The van der Waals surface area contributed by atoms with E-state index in [1.165, 1.54) is 0 Å². The van der Waals surface area contributed by atoms with Crippen LogP contribution in [-0.2, 0) is 9.59 Å². The normalized spacial score (nSPS) is 9.42. The predicted octanol–water partition coefficient (Wildman–Crippen LogP) is -6.44. The zero-order valence-corrected chi connectivity index (χ0v) is 12.8. The molecule has 12 heavy (non-hydrogen) atoms. The zero-order chi connectivity index (χ0) is 7.44. The summed E-state index contributed by atoms with van der Waals surface area (Å²) in [6, 6.07) is 0. The molecule has 0 saturated heterocycles. The van der Waals surface area contributed by atoms with E-state index in [-0.39, 0.29) is 96.2 Å².